The molecule has 2 aromatic rings. The molecule has 1 N–H and O–H groups in total. The highest BCUT2D eigenvalue weighted by molar-refractivity contribution is 5.85. The molecule has 1 heterocycles. The lowest BCUT2D eigenvalue weighted by molar-refractivity contribution is 0.0663. The molecule has 0 saturated heterocycles. The number of benzene rings is 1. The minimum Gasteiger partial charge on any atom is -0.475 e. The molecule has 1 atom stereocenters. The van der Waals surface area contributed by atoms with E-state index < -0.39 is 5.97 Å². The van der Waals surface area contributed by atoms with Crippen LogP contribution >= 0.6 is 0 Å². The molecule has 0 radical (unpaired) electrons. The predicted octanol–water partition coefficient (Wildman–Crippen LogP) is 3.27. The molecule has 0 fully saturated rings. The molecule has 0 bridgehead atoms. The van der Waals surface area contributed by atoms with Crippen molar-refractivity contribution in [3.8, 4) is 11.3 Å². The summed E-state index contributed by atoms with van der Waals surface area (Å²) in [5, 5.41) is 8.86. The van der Waals surface area contributed by atoms with E-state index in [2.05, 4.69) is 17.9 Å². The van der Waals surface area contributed by atoms with E-state index in [4.69, 9.17) is 9.52 Å². The Hall–Kier alpha value is -2.07. The van der Waals surface area contributed by atoms with E-state index in [1.807, 2.05) is 32.3 Å². The summed E-state index contributed by atoms with van der Waals surface area (Å²) in [6, 6.07) is 11.4. The molecule has 4 nitrogen and oxygen atoms in total. The smallest absolute Gasteiger partial charge is 0.371 e. The average Bonchev–Trinajstić information content (AvgIpc) is 2.87. The minimum atomic E-state index is -1.05. The Bertz CT molecular complexity index is 587. The fourth-order valence-electron chi connectivity index (χ4n) is 1.86. The van der Waals surface area contributed by atoms with Crippen molar-refractivity contribution >= 4 is 5.97 Å². The van der Waals surface area contributed by atoms with Crippen LogP contribution in [0.25, 0.3) is 11.3 Å². The van der Waals surface area contributed by atoms with Gasteiger partial charge in [0.15, 0.2) is 0 Å². The number of carbonyl (C=O) groups is 1. The van der Waals surface area contributed by atoms with Crippen molar-refractivity contribution < 1.29 is 14.3 Å². The van der Waals surface area contributed by atoms with E-state index in [0.29, 0.717) is 5.76 Å². The average molecular weight is 259 g/mol. The van der Waals surface area contributed by atoms with Gasteiger partial charge in [0.1, 0.15) is 5.76 Å². The Morgan fingerprint density at radius 2 is 2.00 bits per heavy atom. The first-order valence-electron chi connectivity index (χ1n) is 6.09. The van der Waals surface area contributed by atoms with Gasteiger partial charge in [0, 0.05) is 11.6 Å². The molecule has 100 valence electrons. The van der Waals surface area contributed by atoms with Crippen LogP contribution in [0, 0.1) is 0 Å². The molecule has 0 aliphatic rings. The van der Waals surface area contributed by atoms with Gasteiger partial charge in [-0.25, -0.2) is 4.79 Å². The molecule has 0 unspecified atom stereocenters. The molecule has 4 heteroatoms. The predicted molar refractivity (Wildman–Crippen MR) is 73.2 cm³/mol. The highest BCUT2D eigenvalue weighted by atomic mass is 16.4. The highest BCUT2D eigenvalue weighted by Gasteiger charge is 2.12. The van der Waals surface area contributed by atoms with Gasteiger partial charge in [-0.05, 0) is 44.8 Å². The quantitative estimate of drug-likeness (QED) is 0.915. The molecule has 0 spiro atoms. The van der Waals surface area contributed by atoms with Crippen molar-refractivity contribution in [3.63, 3.8) is 0 Å². The number of hydrogen-bond donors (Lipinski definition) is 1. The minimum absolute atomic E-state index is 0.0407. The molecule has 19 heavy (non-hydrogen) atoms. The van der Waals surface area contributed by atoms with Crippen molar-refractivity contribution in [1.29, 1.82) is 0 Å². The maximum absolute atomic E-state index is 10.8. The van der Waals surface area contributed by atoms with Gasteiger partial charge in [-0.15, -0.1) is 0 Å². The summed E-state index contributed by atoms with van der Waals surface area (Å²) in [4.78, 5) is 12.9. The Kier molecular flexibility index (Phi) is 3.71. The Labute approximate surface area is 112 Å². The number of aromatic carboxylic acids is 1. The molecule has 0 aliphatic carbocycles. The van der Waals surface area contributed by atoms with E-state index in [-0.39, 0.29) is 11.8 Å². The summed E-state index contributed by atoms with van der Waals surface area (Å²) < 4.78 is 5.31. The third kappa shape index (κ3) is 2.85. The second-order valence-corrected chi connectivity index (χ2v) is 4.73. The van der Waals surface area contributed by atoms with Gasteiger partial charge < -0.3 is 14.4 Å². The molecule has 2 rings (SSSR count). The van der Waals surface area contributed by atoms with Crippen LogP contribution in [0.1, 0.15) is 29.1 Å². The summed E-state index contributed by atoms with van der Waals surface area (Å²) >= 11 is 0. The SMILES string of the molecule is C[C@H](c1cccc(-c2ccc(C(=O)O)o2)c1)N(C)C. The van der Waals surface area contributed by atoms with E-state index in [1.54, 1.807) is 6.07 Å². The van der Waals surface area contributed by atoms with Crippen molar-refractivity contribution in [2.75, 3.05) is 14.1 Å². The zero-order valence-electron chi connectivity index (χ0n) is 11.3. The number of nitrogens with zero attached hydrogens (tertiary/aromatic N) is 1. The normalized spacial score (nSPS) is 12.6. The lowest BCUT2D eigenvalue weighted by atomic mass is 10.0. The number of carboxylic acids is 1. The van der Waals surface area contributed by atoms with Crippen LogP contribution in [0.5, 0.6) is 0 Å². The zero-order valence-corrected chi connectivity index (χ0v) is 11.3. The van der Waals surface area contributed by atoms with E-state index >= 15 is 0 Å². The summed E-state index contributed by atoms with van der Waals surface area (Å²) in [7, 11) is 4.04. The Balaban J connectivity index is 2.34. The highest BCUT2D eigenvalue weighted by Crippen LogP contribution is 2.26. The van der Waals surface area contributed by atoms with Crippen LogP contribution in [0.2, 0.25) is 0 Å². The summed E-state index contributed by atoms with van der Waals surface area (Å²) in [5.74, 6) is -0.518. The summed E-state index contributed by atoms with van der Waals surface area (Å²) in [6.07, 6.45) is 0. The molecule has 1 aromatic carbocycles. The Morgan fingerprint density at radius 3 is 2.58 bits per heavy atom. The Morgan fingerprint density at radius 1 is 1.26 bits per heavy atom. The third-order valence-electron chi connectivity index (χ3n) is 3.24. The number of hydrogen-bond acceptors (Lipinski definition) is 3. The number of carboxylic acid groups (broad SMARTS) is 1. The molecule has 0 saturated carbocycles. The van der Waals surface area contributed by atoms with Crippen LogP contribution in [0.3, 0.4) is 0 Å². The number of rotatable bonds is 4. The largest absolute Gasteiger partial charge is 0.475 e. The van der Waals surface area contributed by atoms with Crippen LogP contribution < -0.4 is 0 Å². The maximum atomic E-state index is 10.8. The standard InChI is InChI=1S/C15H17NO3/c1-10(16(2)3)11-5-4-6-12(9-11)13-7-8-14(19-13)15(17)18/h4-10H,1-3H3,(H,17,18)/t10-/m1/s1. The van der Waals surface area contributed by atoms with Gasteiger partial charge in [-0.2, -0.15) is 0 Å². The van der Waals surface area contributed by atoms with E-state index in [1.165, 1.54) is 6.07 Å². The second kappa shape index (κ2) is 5.28. The van der Waals surface area contributed by atoms with E-state index in [0.717, 1.165) is 11.1 Å². The van der Waals surface area contributed by atoms with Crippen LogP contribution in [0.4, 0.5) is 0 Å². The van der Waals surface area contributed by atoms with Gasteiger partial charge in [-0.1, -0.05) is 18.2 Å². The first-order chi connectivity index (χ1) is 8.99. The third-order valence-corrected chi connectivity index (χ3v) is 3.24. The first-order valence-corrected chi connectivity index (χ1v) is 6.09. The van der Waals surface area contributed by atoms with Crippen LogP contribution in [-0.4, -0.2) is 30.1 Å². The topological polar surface area (TPSA) is 53.7 Å². The molecule has 0 amide bonds. The summed E-state index contributed by atoms with van der Waals surface area (Å²) in [6.45, 7) is 2.12. The molecule has 0 aliphatic heterocycles. The fourth-order valence-corrected chi connectivity index (χ4v) is 1.86. The van der Waals surface area contributed by atoms with Crippen molar-refractivity contribution in [2.45, 2.75) is 13.0 Å². The maximum Gasteiger partial charge on any atom is 0.371 e. The van der Waals surface area contributed by atoms with Crippen molar-refractivity contribution in [3.05, 3.63) is 47.7 Å². The first kappa shape index (κ1) is 13.4. The monoisotopic (exact) mass is 259 g/mol. The van der Waals surface area contributed by atoms with Crippen LogP contribution in [-0.2, 0) is 0 Å². The van der Waals surface area contributed by atoms with Crippen LogP contribution in [0.15, 0.2) is 40.8 Å². The lowest BCUT2D eigenvalue weighted by Gasteiger charge is -2.20. The van der Waals surface area contributed by atoms with Gasteiger partial charge in [0.2, 0.25) is 5.76 Å². The molecular formula is C15H17NO3. The lowest BCUT2D eigenvalue weighted by Crippen LogP contribution is -2.16. The summed E-state index contributed by atoms with van der Waals surface area (Å²) in [5.41, 5.74) is 2.05. The zero-order chi connectivity index (χ0) is 14.0. The van der Waals surface area contributed by atoms with Crippen molar-refractivity contribution in [2.24, 2.45) is 0 Å². The van der Waals surface area contributed by atoms with Crippen molar-refractivity contribution in [1.82, 2.24) is 4.90 Å². The van der Waals surface area contributed by atoms with E-state index in [9.17, 15) is 4.79 Å². The number of furan rings is 1. The van der Waals surface area contributed by atoms with Gasteiger partial charge in [-0.3, -0.25) is 0 Å². The molecular weight excluding hydrogens is 242 g/mol. The van der Waals surface area contributed by atoms with Gasteiger partial charge in [0.05, 0.1) is 0 Å². The fraction of sp³-hybridized carbons (Fsp3) is 0.267. The second-order valence-electron chi connectivity index (χ2n) is 4.73. The van der Waals surface area contributed by atoms with Gasteiger partial charge >= 0.3 is 5.97 Å². The van der Waals surface area contributed by atoms with Gasteiger partial charge in [0.25, 0.3) is 0 Å². The molecule has 1 aromatic heterocycles.